The van der Waals surface area contributed by atoms with E-state index >= 15 is 0 Å². The Hall–Kier alpha value is -2.06. The number of ether oxygens (including phenoxy) is 1. The summed E-state index contributed by atoms with van der Waals surface area (Å²) in [5, 5.41) is 3.98. The number of nitrogens with zero attached hydrogens (tertiary/aromatic N) is 3. The second kappa shape index (κ2) is 7.90. The molecule has 1 atom stereocenters. The molecule has 0 radical (unpaired) electrons. The molecule has 9 heteroatoms. The molecule has 0 amide bonds. The predicted molar refractivity (Wildman–Crippen MR) is 96.7 cm³/mol. The van der Waals surface area contributed by atoms with E-state index in [2.05, 4.69) is 5.10 Å². The van der Waals surface area contributed by atoms with Gasteiger partial charge in [-0.3, -0.25) is 4.79 Å². The van der Waals surface area contributed by atoms with Gasteiger partial charge in [-0.1, -0.05) is 17.7 Å². The number of alkyl halides is 3. The third-order valence-corrected chi connectivity index (χ3v) is 4.80. The van der Waals surface area contributed by atoms with Crippen LogP contribution in [0.3, 0.4) is 0 Å². The van der Waals surface area contributed by atoms with Gasteiger partial charge >= 0.3 is 6.18 Å². The summed E-state index contributed by atoms with van der Waals surface area (Å²) in [6, 6.07) is 4.42. The van der Waals surface area contributed by atoms with Crippen molar-refractivity contribution in [1.29, 1.82) is 0 Å². The maximum atomic E-state index is 12.9. The van der Waals surface area contributed by atoms with Crippen LogP contribution in [-0.4, -0.2) is 35.6 Å². The molecular weight excluding hydrogens is 383 g/mol. The third-order valence-electron chi connectivity index (χ3n) is 4.44. The Balaban J connectivity index is 1.93. The first-order valence-electron chi connectivity index (χ1n) is 8.63. The van der Waals surface area contributed by atoms with Crippen molar-refractivity contribution in [1.82, 2.24) is 9.78 Å². The molecule has 1 fully saturated rings. The Morgan fingerprint density at radius 3 is 2.85 bits per heavy atom. The fourth-order valence-corrected chi connectivity index (χ4v) is 3.42. The first-order chi connectivity index (χ1) is 12.8. The Morgan fingerprint density at radius 1 is 1.37 bits per heavy atom. The third kappa shape index (κ3) is 4.27. The Labute approximate surface area is 159 Å². The number of benzene rings is 1. The molecule has 1 aliphatic rings. The van der Waals surface area contributed by atoms with Gasteiger partial charge in [0.05, 0.1) is 29.2 Å². The minimum atomic E-state index is -4.51. The molecule has 1 aliphatic heterocycles. The summed E-state index contributed by atoms with van der Waals surface area (Å²) in [7, 11) is 0. The van der Waals surface area contributed by atoms with Crippen molar-refractivity contribution in [3.05, 3.63) is 51.4 Å². The fourth-order valence-electron chi connectivity index (χ4n) is 3.17. The average Bonchev–Trinajstić information content (AvgIpc) is 2.64. The molecule has 0 bridgehead atoms. The monoisotopic (exact) mass is 401 g/mol. The summed E-state index contributed by atoms with van der Waals surface area (Å²) >= 11 is 6.26. The van der Waals surface area contributed by atoms with Gasteiger partial charge in [0.2, 0.25) is 0 Å². The average molecular weight is 402 g/mol. The van der Waals surface area contributed by atoms with Crippen LogP contribution < -0.4 is 10.5 Å². The number of rotatable bonds is 4. The largest absolute Gasteiger partial charge is 0.416 e. The van der Waals surface area contributed by atoms with Crippen LogP contribution in [0, 0.1) is 0 Å². The summed E-state index contributed by atoms with van der Waals surface area (Å²) in [5.41, 5.74) is -1.04. The SMILES string of the molecule is CCOC1CCCN(c2cnn(-c3cccc(C(F)(F)F)c3)c(=O)c2Cl)C1. The quantitative estimate of drug-likeness (QED) is 0.779. The van der Waals surface area contributed by atoms with E-state index in [-0.39, 0.29) is 16.8 Å². The molecule has 27 heavy (non-hydrogen) atoms. The number of halogens is 4. The number of piperidine rings is 1. The highest BCUT2D eigenvalue weighted by Crippen LogP contribution is 2.30. The number of hydrogen-bond donors (Lipinski definition) is 0. The Bertz CT molecular complexity index is 868. The van der Waals surface area contributed by atoms with Crippen LogP contribution in [-0.2, 0) is 10.9 Å². The van der Waals surface area contributed by atoms with Crippen LogP contribution in [0.1, 0.15) is 25.3 Å². The van der Waals surface area contributed by atoms with E-state index in [9.17, 15) is 18.0 Å². The smallest absolute Gasteiger partial charge is 0.377 e. The van der Waals surface area contributed by atoms with Gasteiger partial charge in [0.1, 0.15) is 5.02 Å². The molecule has 0 aliphatic carbocycles. The molecule has 1 saturated heterocycles. The van der Waals surface area contributed by atoms with Crippen molar-refractivity contribution in [3.63, 3.8) is 0 Å². The van der Waals surface area contributed by atoms with Crippen LogP contribution in [0.5, 0.6) is 0 Å². The molecule has 2 aromatic rings. The van der Waals surface area contributed by atoms with Crippen molar-refractivity contribution >= 4 is 17.3 Å². The van der Waals surface area contributed by atoms with Gasteiger partial charge in [0.25, 0.3) is 5.56 Å². The molecule has 146 valence electrons. The van der Waals surface area contributed by atoms with Crippen LogP contribution in [0.4, 0.5) is 18.9 Å². The topological polar surface area (TPSA) is 47.4 Å². The molecule has 3 rings (SSSR count). The van der Waals surface area contributed by atoms with Crippen LogP contribution in [0.2, 0.25) is 5.02 Å². The van der Waals surface area contributed by atoms with E-state index in [1.807, 2.05) is 11.8 Å². The lowest BCUT2D eigenvalue weighted by Gasteiger charge is -2.34. The molecule has 2 heterocycles. The molecule has 0 spiro atoms. The summed E-state index contributed by atoms with van der Waals surface area (Å²) in [6.45, 7) is 3.81. The summed E-state index contributed by atoms with van der Waals surface area (Å²) in [4.78, 5) is 14.6. The highest BCUT2D eigenvalue weighted by Gasteiger charge is 2.31. The van der Waals surface area contributed by atoms with E-state index in [0.29, 0.717) is 25.4 Å². The summed E-state index contributed by atoms with van der Waals surface area (Å²) in [6.07, 6.45) is -1.23. The zero-order valence-electron chi connectivity index (χ0n) is 14.7. The first-order valence-corrected chi connectivity index (χ1v) is 9.01. The van der Waals surface area contributed by atoms with Crippen LogP contribution in [0.15, 0.2) is 35.3 Å². The summed E-state index contributed by atoms with van der Waals surface area (Å²) in [5.74, 6) is 0. The first kappa shape index (κ1) is 19.7. The van der Waals surface area contributed by atoms with Crippen LogP contribution in [0.25, 0.3) is 5.69 Å². The van der Waals surface area contributed by atoms with Crippen molar-refractivity contribution < 1.29 is 17.9 Å². The van der Waals surface area contributed by atoms with Gasteiger partial charge < -0.3 is 9.64 Å². The fraction of sp³-hybridized carbons (Fsp3) is 0.444. The molecule has 0 saturated carbocycles. The van der Waals surface area contributed by atoms with E-state index in [0.717, 1.165) is 29.7 Å². The van der Waals surface area contributed by atoms with E-state index in [4.69, 9.17) is 16.3 Å². The minimum absolute atomic E-state index is 0.00844. The standard InChI is InChI=1S/C18H19ClF3N3O2/c1-2-27-14-7-4-8-24(11-14)15-10-23-25(17(26)16(15)19)13-6-3-5-12(9-13)18(20,21)22/h3,5-6,9-10,14H,2,4,7-8,11H2,1H3. The van der Waals surface area contributed by atoms with Crippen molar-refractivity contribution in [2.45, 2.75) is 32.0 Å². The normalized spacial score (nSPS) is 18.0. The van der Waals surface area contributed by atoms with Gasteiger partial charge in [0.15, 0.2) is 0 Å². The molecule has 5 nitrogen and oxygen atoms in total. The molecule has 1 aromatic carbocycles. The maximum Gasteiger partial charge on any atom is 0.416 e. The second-order valence-corrected chi connectivity index (χ2v) is 6.65. The van der Waals surface area contributed by atoms with Gasteiger partial charge in [-0.15, -0.1) is 0 Å². The molecule has 1 aromatic heterocycles. The molecule has 1 unspecified atom stereocenters. The molecule has 0 N–H and O–H groups in total. The van der Waals surface area contributed by atoms with Crippen molar-refractivity contribution in [2.75, 3.05) is 24.6 Å². The predicted octanol–water partition coefficient (Wildman–Crippen LogP) is 3.91. The lowest BCUT2D eigenvalue weighted by molar-refractivity contribution is -0.137. The molecular formula is C18H19ClF3N3O2. The van der Waals surface area contributed by atoms with E-state index < -0.39 is 17.3 Å². The lowest BCUT2D eigenvalue weighted by atomic mass is 10.1. The highest BCUT2D eigenvalue weighted by molar-refractivity contribution is 6.33. The summed E-state index contributed by atoms with van der Waals surface area (Å²) < 4.78 is 45.3. The Morgan fingerprint density at radius 2 is 2.15 bits per heavy atom. The number of hydrogen-bond acceptors (Lipinski definition) is 4. The minimum Gasteiger partial charge on any atom is -0.377 e. The van der Waals surface area contributed by atoms with Gasteiger partial charge in [0, 0.05) is 19.7 Å². The highest BCUT2D eigenvalue weighted by atomic mass is 35.5. The van der Waals surface area contributed by atoms with Gasteiger partial charge in [-0.25, -0.2) is 0 Å². The van der Waals surface area contributed by atoms with E-state index in [1.54, 1.807) is 0 Å². The van der Waals surface area contributed by atoms with Crippen molar-refractivity contribution in [2.24, 2.45) is 0 Å². The zero-order valence-corrected chi connectivity index (χ0v) is 15.4. The maximum absolute atomic E-state index is 12.9. The number of aromatic nitrogens is 2. The van der Waals surface area contributed by atoms with Crippen LogP contribution >= 0.6 is 11.6 Å². The Kier molecular flexibility index (Phi) is 5.76. The van der Waals surface area contributed by atoms with Gasteiger partial charge in [-0.05, 0) is 38.0 Å². The van der Waals surface area contributed by atoms with Gasteiger partial charge in [-0.2, -0.15) is 23.0 Å². The zero-order chi connectivity index (χ0) is 19.6. The number of anilines is 1. The van der Waals surface area contributed by atoms with E-state index in [1.165, 1.54) is 18.3 Å². The van der Waals surface area contributed by atoms with Crippen molar-refractivity contribution in [3.8, 4) is 5.69 Å². The second-order valence-electron chi connectivity index (χ2n) is 6.27. The lowest BCUT2D eigenvalue weighted by Crippen LogP contribution is -2.41.